The molecule has 1 fully saturated rings. The molecule has 1 aliphatic carbocycles. The Morgan fingerprint density at radius 1 is 0.933 bits per heavy atom. The second-order valence-electron chi connectivity index (χ2n) is 8.73. The zero-order chi connectivity index (χ0) is 21.6. The van der Waals surface area contributed by atoms with E-state index in [2.05, 4.69) is 62.1 Å². The first kappa shape index (κ1) is 22.3. The largest absolute Gasteiger partial charge is 0.520 e. The van der Waals surface area contributed by atoms with Gasteiger partial charge < -0.3 is 18.6 Å². The standard InChI is InChI=1S/C25H34O4Si/c1-26-23-16-15-20(17-24(23)28-21-13-9-10-14-21)22(19-11-7-6-8-12-19)18-25(27-2)29-30(3,4)5/h6-8,11-12,15-18,21-22H,9-10,13-14H2,1-5H3/b25-18+/t22-/m1/s1. The van der Waals surface area contributed by atoms with E-state index in [1.807, 2.05) is 12.1 Å². The summed E-state index contributed by atoms with van der Waals surface area (Å²) in [6.07, 6.45) is 7.00. The van der Waals surface area contributed by atoms with Crippen LogP contribution in [0.1, 0.15) is 42.7 Å². The van der Waals surface area contributed by atoms with Crippen LogP contribution in [-0.4, -0.2) is 28.6 Å². The molecule has 0 amide bonds. The molecule has 1 aliphatic rings. The minimum atomic E-state index is -1.80. The van der Waals surface area contributed by atoms with Crippen LogP contribution >= 0.6 is 0 Å². The lowest BCUT2D eigenvalue weighted by Gasteiger charge is -2.23. The van der Waals surface area contributed by atoms with Crippen LogP contribution in [0.25, 0.3) is 0 Å². The molecule has 3 rings (SSSR count). The van der Waals surface area contributed by atoms with Gasteiger partial charge in [0, 0.05) is 12.0 Å². The Kier molecular flexibility index (Phi) is 7.48. The summed E-state index contributed by atoms with van der Waals surface area (Å²) in [4.78, 5) is 0. The molecule has 0 unspecified atom stereocenters. The summed E-state index contributed by atoms with van der Waals surface area (Å²) in [6.45, 7) is 6.45. The van der Waals surface area contributed by atoms with Crippen LogP contribution in [0.3, 0.4) is 0 Å². The maximum Gasteiger partial charge on any atom is 0.261 e. The number of benzene rings is 2. The molecule has 0 N–H and O–H groups in total. The molecule has 162 valence electrons. The summed E-state index contributed by atoms with van der Waals surface area (Å²) in [6, 6.07) is 16.6. The monoisotopic (exact) mass is 426 g/mol. The van der Waals surface area contributed by atoms with Crippen LogP contribution in [-0.2, 0) is 9.16 Å². The van der Waals surface area contributed by atoms with Gasteiger partial charge in [0.05, 0.1) is 20.3 Å². The van der Waals surface area contributed by atoms with Gasteiger partial charge in [-0.3, -0.25) is 0 Å². The lowest BCUT2D eigenvalue weighted by Crippen LogP contribution is -2.25. The van der Waals surface area contributed by atoms with E-state index < -0.39 is 8.32 Å². The molecular formula is C25H34O4Si. The Morgan fingerprint density at radius 2 is 1.63 bits per heavy atom. The number of hydrogen-bond acceptors (Lipinski definition) is 4. The average molecular weight is 427 g/mol. The van der Waals surface area contributed by atoms with Crippen molar-refractivity contribution in [3.8, 4) is 11.5 Å². The Bertz CT molecular complexity index is 836. The van der Waals surface area contributed by atoms with E-state index in [0.717, 1.165) is 29.9 Å². The van der Waals surface area contributed by atoms with Gasteiger partial charge >= 0.3 is 0 Å². The zero-order valence-corrected chi connectivity index (χ0v) is 19.8. The van der Waals surface area contributed by atoms with Crippen molar-refractivity contribution in [1.29, 1.82) is 0 Å². The Balaban J connectivity index is 2.00. The van der Waals surface area contributed by atoms with Gasteiger partial charge in [-0.2, -0.15) is 0 Å². The van der Waals surface area contributed by atoms with Crippen molar-refractivity contribution in [1.82, 2.24) is 0 Å². The van der Waals surface area contributed by atoms with Crippen LogP contribution < -0.4 is 9.47 Å². The quantitative estimate of drug-likeness (QED) is 0.339. The smallest absolute Gasteiger partial charge is 0.261 e. The summed E-state index contributed by atoms with van der Waals surface area (Å²) < 4.78 is 23.7. The molecule has 0 radical (unpaired) electrons. The fourth-order valence-electron chi connectivity index (χ4n) is 3.79. The van der Waals surface area contributed by atoms with E-state index >= 15 is 0 Å². The van der Waals surface area contributed by atoms with Gasteiger partial charge in [-0.25, -0.2) is 0 Å². The first-order valence-corrected chi connectivity index (χ1v) is 14.1. The minimum Gasteiger partial charge on any atom is -0.520 e. The van der Waals surface area contributed by atoms with E-state index in [1.165, 1.54) is 18.4 Å². The van der Waals surface area contributed by atoms with Crippen molar-refractivity contribution in [3.05, 3.63) is 71.7 Å². The lowest BCUT2D eigenvalue weighted by molar-refractivity contribution is 0.145. The third-order valence-electron chi connectivity index (χ3n) is 5.21. The molecule has 1 atom stereocenters. The third kappa shape index (κ3) is 6.05. The maximum absolute atomic E-state index is 6.33. The predicted molar refractivity (Wildman–Crippen MR) is 124 cm³/mol. The van der Waals surface area contributed by atoms with Gasteiger partial charge in [0.15, 0.2) is 11.5 Å². The molecular weight excluding hydrogens is 392 g/mol. The van der Waals surface area contributed by atoms with Gasteiger partial charge in [-0.05, 0) is 68.6 Å². The van der Waals surface area contributed by atoms with Crippen molar-refractivity contribution in [2.45, 2.75) is 57.3 Å². The van der Waals surface area contributed by atoms with Crippen LogP contribution in [0.4, 0.5) is 0 Å². The highest BCUT2D eigenvalue weighted by atomic mass is 28.4. The third-order valence-corrected chi connectivity index (χ3v) is 6.03. The summed E-state index contributed by atoms with van der Waals surface area (Å²) in [7, 11) is 1.56. The van der Waals surface area contributed by atoms with E-state index in [-0.39, 0.29) is 12.0 Å². The number of allylic oxidation sites excluding steroid dienone is 1. The Hall–Kier alpha value is -2.40. The summed E-state index contributed by atoms with van der Waals surface area (Å²) in [5.74, 6) is 2.12. The van der Waals surface area contributed by atoms with E-state index in [9.17, 15) is 0 Å². The molecule has 0 bridgehead atoms. The zero-order valence-electron chi connectivity index (χ0n) is 18.8. The second kappa shape index (κ2) is 10.1. The average Bonchev–Trinajstić information content (AvgIpc) is 3.24. The Morgan fingerprint density at radius 3 is 2.23 bits per heavy atom. The minimum absolute atomic E-state index is 0.0191. The SMILES string of the molecule is CO/C(=C\[C@H](c1ccccc1)c1ccc(OC)c(OC2CCCC2)c1)O[Si](C)(C)C. The van der Waals surface area contributed by atoms with Crippen molar-refractivity contribution in [2.75, 3.05) is 14.2 Å². The van der Waals surface area contributed by atoms with Crippen molar-refractivity contribution in [2.24, 2.45) is 0 Å². The van der Waals surface area contributed by atoms with Crippen molar-refractivity contribution >= 4 is 8.32 Å². The predicted octanol–water partition coefficient (Wildman–Crippen LogP) is 6.49. The molecule has 0 saturated heterocycles. The molecule has 30 heavy (non-hydrogen) atoms. The Labute approximate surface area is 181 Å². The van der Waals surface area contributed by atoms with Gasteiger partial charge in [-0.1, -0.05) is 36.4 Å². The first-order chi connectivity index (χ1) is 14.4. The molecule has 2 aromatic carbocycles. The molecule has 4 nitrogen and oxygen atoms in total. The highest BCUT2D eigenvalue weighted by Crippen LogP contribution is 2.37. The molecule has 2 aromatic rings. The fraction of sp³-hybridized carbons (Fsp3) is 0.440. The number of ether oxygens (including phenoxy) is 3. The van der Waals surface area contributed by atoms with Gasteiger partial charge in [0.1, 0.15) is 0 Å². The van der Waals surface area contributed by atoms with Crippen LogP contribution in [0.5, 0.6) is 11.5 Å². The molecule has 0 heterocycles. The van der Waals surface area contributed by atoms with Crippen molar-refractivity contribution < 1.29 is 18.6 Å². The summed E-state index contributed by atoms with van der Waals surface area (Å²) in [5, 5.41) is 0. The van der Waals surface area contributed by atoms with Crippen LogP contribution in [0.15, 0.2) is 60.6 Å². The number of methoxy groups -OCH3 is 2. The fourth-order valence-corrected chi connectivity index (χ4v) is 4.55. The van der Waals surface area contributed by atoms with Crippen molar-refractivity contribution in [3.63, 3.8) is 0 Å². The van der Waals surface area contributed by atoms with Crippen LogP contribution in [0.2, 0.25) is 19.6 Å². The second-order valence-corrected chi connectivity index (χ2v) is 13.2. The first-order valence-electron chi connectivity index (χ1n) is 10.7. The van der Waals surface area contributed by atoms with E-state index in [4.69, 9.17) is 18.6 Å². The van der Waals surface area contributed by atoms with Gasteiger partial charge in [0.25, 0.3) is 5.95 Å². The highest BCUT2D eigenvalue weighted by molar-refractivity contribution is 6.70. The molecule has 0 aromatic heterocycles. The molecule has 1 saturated carbocycles. The molecule has 0 spiro atoms. The number of rotatable bonds is 9. The molecule has 5 heteroatoms. The highest BCUT2D eigenvalue weighted by Gasteiger charge is 2.23. The summed E-state index contributed by atoms with van der Waals surface area (Å²) in [5.41, 5.74) is 2.28. The van der Waals surface area contributed by atoms with E-state index in [0.29, 0.717) is 5.95 Å². The maximum atomic E-state index is 6.33. The topological polar surface area (TPSA) is 36.9 Å². The normalized spacial score (nSPS) is 16.2. The number of hydrogen-bond donors (Lipinski definition) is 0. The lowest BCUT2D eigenvalue weighted by atomic mass is 9.91. The van der Waals surface area contributed by atoms with Gasteiger partial charge in [-0.15, -0.1) is 0 Å². The van der Waals surface area contributed by atoms with Gasteiger partial charge in [0.2, 0.25) is 8.32 Å². The van der Waals surface area contributed by atoms with Crippen LogP contribution in [0, 0.1) is 0 Å². The molecule has 0 aliphatic heterocycles. The summed E-state index contributed by atoms with van der Waals surface area (Å²) >= 11 is 0. The van der Waals surface area contributed by atoms with E-state index in [1.54, 1.807) is 14.2 Å².